The van der Waals surface area contributed by atoms with E-state index in [9.17, 15) is 14.4 Å². The van der Waals surface area contributed by atoms with Crippen LogP contribution in [-0.2, 0) is 23.9 Å². The van der Waals surface area contributed by atoms with Gasteiger partial charge in [-0.05, 0) is 24.5 Å². The number of hydrogen-bond donors (Lipinski definition) is 0. The number of halogens is 1. The second-order valence-corrected chi connectivity index (χ2v) is 7.18. The number of hydrogen-bond acceptors (Lipinski definition) is 5. The Morgan fingerprint density at radius 3 is 1.97 bits per heavy atom. The van der Waals surface area contributed by atoms with Crippen molar-refractivity contribution >= 4 is 29.5 Å². The number of carbonyl (C=O) groups is 3. The predicted octanol–water partition coefficient (Wildman–Crippen LogP) is 4.40. The third-order valence-corrected chi connectivity index (χ3v) is 4.47. The first kappa shape index (κ1) is 22.4. The molecule has 0 spiro atoms. The zero-order chi connectivity index (χ0) is 21.2. The molecule has 6 heteroatoms. The second-order valence-electron chi connectivity index (χ2n) is 6.56. The van der Waals surface area contributed by atoms with Crippen LogP contribution in [0.5, 0.6) is 0 Å². The van der Waals surface area contributed by atoms with Gasteiger partial charge in [-0.1, -0.05) is 67.2 Å². The zero-order valence-electron chi connectivity index (χ0n) is 16.2. The van der Waals surface area contributed by atoms with Crippen molar-refractivity contribution in [2.24, 2.45) is 0 Å². The normalized spacial score (nSPS) is 11.6. The summed E-state index contributed by atoms with van der Waals surface area (Å²) in [5, 5.41) is -0.569. The minimum Gasteiger partial charge on any atom is -0.461 e. The predicted molar refractivity (Wildman–Crippen MR) is 110 cm³/mol. The molecule has 0 bridgehead atoms. The highest BCUT2D eigenvalue weighted by Crippen LogP contribution is 2.26. The van der Waals surface area contributed by atoms with Gasteiger partial charge in [0.2, 0.25) is 0 Å². The van der Waals surface area contributed by atoms with Crippen LogP contribution in [0.1, 0.15) is 36.8 Å². The van der Waals surface area contributed by atoms with Gasteiger partial charge in [-0.3, -0.25) is 9.59 Å². The summed E-state index contributed by atoms with van der Waals surface area (Å²) in [6.07, 6.45) is 0.138. The van der Waals surface area contributed by atoms with Crippen LogP contribution in [0.15, 0.2) is 72.8 Å². The van der Waals surface area contributed by atoms with Crippen molar-refractivity contribution in [3.05, 3.63) is 83.9 Å². The lowest BCUT2D eigenvalue weighted by atomic mass is 9.91. The first-order valence-corrected chi connectivity index (χ1v) is 9.63. The summed E-state index contributed by atoms with van der Waals surface area (Å²) in [5.74, 6) is -2.57. The van der Waals surface area contributed by atoms with Crippen molar-refractivity contribution in [3.8, 4) is 0 Å². The molecule has 0 aliphatic rings. The van der Waals surface area contributed by atoms with Crippen LogP contribution < -0.4 is 0 Å². The average molecular weight is 415 g/mol. The summed E-state index contributed by atoms with van der Waals surface area (Å²) >= 11 is 6.06. The number of alkyl halides is 1. The number of rotatable bonds is 9. The molecule has 1 unspecified atom stereocenters. The van der Waals surface area contributed by atoms with Crippen molar-refractivity contribution in [2.45, 2.75) is 31.1 Å². The topological polar surface area (TPSA) is 69.7 Å². The van der Waals surface area contributed by atoms with Gasteiger partial charge in [0, 0.05) is 12.0 Å². The van der Waals surface area contributed by atoms with Gasteiger partial charge in [-0.15, -0.1) is 11.6 Å². The number of esters is 3. The maximum absolute atomic E-state index is 12.7. The Hall–Kier alpha value is -2.92. The SMILES string of the molecule is C=C(C)C(=O)OCC(Cl)CCC(=O)OC(=O)C(c1ccccc1)c1ccccc1. The molecule has 29 heavy (non-hydrogen) atoms. The van der Waals surface area contributed by atoms with Crippen LogP contribution in [0.25, 0.3) is 0 Å². The van der Waals surface area contributed by atoms with E-state index in [0.29, 0.717) is 0 Å². The smallest absolute Gasteiger partial charge is 0.333 e. The van der Waals surface area contributed by atoms with Crippen LogP contribution in [0, 0.1) is 0 Å². The van der Waals surface area contributed by atoms with Gasteiger partial charge in [0.1, 0.15) is 12.5 Å². The standard InChI is InChI=1S/C23H23ClO5/c1-16(2)22(26)28-15-19(24)13-14-20(25)29-23(27)21(17-9-5-3-6-10-17)18-11-7-4-8-12-18/h3-12,19,21H,1,13-15H2,2H3. The molecule has 0 aliphatic carbocycles. The van der Waals surface area contributed by atoms with Gasteiger partial charge < -0.3 is 9.47 Å². The molecule has 0 aliphatic heterocycles. The van der Waals surface area contributed by atoms with E-state index in [-0.39, 0.29) is 25.0 Å². The minimum absolute atomic E-state index is 0.0505. The molecule has 0 N–H and O–H groups in total. The Morgan fingerprint density at radius 2 is 1.48 bits per heavy atom. The Kier molecular flexibility index (Phi) is 8.62. The van der Waals surface area contributed by atoms with Crippen LogP contribution in [0.4, 0.5) is 0 Å². The Balaban J connectivity index is 1.94. The number of carbonyl (C=O) groups excluding carboxylic acids is 3. The second kappa shape index (κ2) is 11.2. The van der Waals surface area contributed by atoms with Crippen molar-refractivity contribution in [2.75, 3.05) is 6.61 Å². The fraction of sp³-hybridized carbons (Fsp3) is 0.261. The van der Waals surface area contributed by atoms with Gasteiger partial charge in [-0.2, -0.15) is 0 Å². The van der Waals surface area contributed by atoms with Crippen molar-refractivity contribution in [1.29, 1.82) is 0 Å². The minimum atomic E-state index is -0.704. The lowest BCUT2D eigenvalue weighted by molar-refractivity contribution is -0.160. The molecular weight excluding hydrogens is 392 g/mol. The van der Waals surface area contributed by atoms with E-state index in [4.69, 9.17) is 21.1 Å². The van der Waals surface area contributed by atoms with E-state index in [1.165, 1.54) is 6.92 Å². The largest absolute Gasteiger partial charge is 0.461 e. The lowest BCUT2D eigenvalue weighted by Gasteiger charge is -2.16. The lowest BCUT2D eigenvalue weighted by Crippen LogP contribution is -2.22. The first-order chi connectivity index (χ1) is 13.9. The van der Waals surface area contributed by atoms with Gasteiger partial charge >= 0.3 is 17.9 Å². The third-order valence-electron chi connectivity index (χ3n) is 4.12. The van der Waals surface area contributed by atoms with Crippen LogP contribution >= 0.6 is 11.6 Å². The molecule has 2 rings (SSSR count). The molecule has 0 aromatic heterocycles. The molecule has 5 nitrogen and oxygen atoms in total. The Bertz CT molecular complexity index is 809. The van der Waals surface area contributed by atoms with Crippen LogP contribution in [-0.4, -0.2) is 29.9 Å². The van der Waals surface area contributed by atoms with Crippen LogP contribution in [0.2, 0.25) is 0 Å². The Labute approximate surface area is 175 Å². The molecule has 1 atom stereocenters. The van der Waals surface area contributed by atoms with E-state index in [0.717, 1.165) is 11.1 Å². The average Bonchev–Trinajstić information content (AvgIpc) is 2.72. The fourth-order valence-electron chi connectivity index (χ4n) is 2.62. The highest BCUT2D eigenvalue weighted by Gasteiger charge is 2.26. The van der Waals surface area contributed by atoms with E-state index < -0.39 is 29.2 Å². The van der Waals surface area contributed by atoms with Crippen molar-refractivity contribution in [1.82, 2.24) is 0 Å². The van der Waals surface area contributed by atoms with Crippen LogP contribution in [0.3, 0.4) is 0 Å². The molecule has 0 saturated heterocycles. The van der Waals surface area contributed by atoms with Crippen molar-refractivity contribution in [3.63, 3.8) is 0 Å². The molecule has 0 amide bonds. The molecule has 0 heterocycles. The van der Waals surface area contributed by atoms with Gasteiger partial charge in [-0.25, -0.2) is 4.79 Å². The zero-order valence-corrected chi connectivity index (χ0v) is 16.9. The summed E-state index contributed by atoms with van der Waals surface area (Å²) in [4.78, 5) is 36.2. The molecule has 0 saturated carbocycles. The molecule has 152 valence electrons. The quantitative estimate of drug-likeness (QED) is 0.263. The summed E-state index contributed by atoms with van der Waals surface area (Å²) < 4.78 is 10.0. The number of benzene rings is 2. The van der Waals surface area contributed by atoms with E-state index in [2.05, 4.69) is 6.58 Å². The summed E-state index contributed by atoms with van der Waals surface area (Å²) in [6.45, 7) is 4.96. The molecule has 0 radical (unpaired) electrons. The first-order valence-electron chi connectivity index (χ1n) is 9.19. The van der Waals surface area contributed by atoms with Gasteiger partial charge in [0.05, 0.1) is 5.38 Å². The van der Waals surface area contributed by atoms with Crippen molar-refractivity contribution < 1.29 is 23.9 Å². The maximum atomic E-state index is 12.7. The monoisotopic (exact) mass is 414 g/mol. The number of ether oxygens (including phenoxy) is 2. The summed E-state index contributed by atoms with van der Waals surface area (Å²) in [6, 6.07) is 18.3. The van der Waals surface area contributed by atoms with Gasteiger partial charge in [0.25, 0.3) is 0 Å². The summed E-state index contributed by atoms with van der Waals surface area (Å²) in [7, 11) is 0. The van der Waals surface area contributed by atoms with E-state index >= 15 is 0 Å². The molecular formula is C23H23ClO5. The molecule has 2 aromatic rings. The molecule has 2 aromatic carbocycles. The van der Waals surface area contributed by atoms with Gasteiger partial charge in [0.15, 0.2) is 0 Å². The molecule has 0 fully saturated rings. The third kappa shape index (κ3) is 7.20. The highest BCUT2D eigenvalue weighted by atomic mass is 35.5. The Morgan fingerprint density at radius 1 is 0.966 bits per heavy atom. The fourth-order valence-corrected chi connectivity index (χ4v) is 2.80. The van der Waals surface area contributed by atoms with E-state index in [1.807, 2.05) is 60.7 Å². The maximum Gasteiger partial charge on any atom is 0.333 e. The summed E-state index contributed by atoms with van der Waals surface area (Å²) in [5.41, 5.74) is 1.74. The van der Waals surface area contributed by atoms with E-state index in [1.54, 1.807) is 0 Å². The highest BCUT2D eigenvalue weighted by molar-refractivity contribution is 6.20.